The van der Waals surface area contributed by atoms with Crippen molar-refractivity contribution in [3.05, 3.63) is 29.8 Å². The largest absolute Gasteiger partial charge is 0.292 e. The van der Waals surface area contributed by atoms with Crippen LogP contribution >= 0.6 is 0 Å². The molecule has 0 aromatic carbocycles. The predicted octanol–water partition coefficient (Wildman–Crippen LogP) is 1.76. The fraction of sp³-hybridized carbons (Fsp3) is 0.643. The van der Waals surface area contributed by atoms with Crippen LogP contribution in [0.5, 0.6) is 0 Å². The van der Waals surface area contributed by atoms with E-state index in [4.69, 9.17) is 0 Å². The molecule has 0 N–H and O–H groups in total. The molecule has 0 bridgehead atoms. The maximum Gasteiger partial charge on any atom is 0.155 e. The number of halogens is 1. The van der Waals surface area contributed by atoms with Gasteiger partial charge in [0.2, 0.25) is 0 Å². The summed E-state index contributed by atoms with van der Waals surface area (Å²) in [5.41, 5.74) is 0.801. The maximum atomic E-state index is 12.9. The van der Waals surface area contributed by atoms with E-state index >= 15 is 0 Å². The van der Waals surface area contributed by atoms with E-state index in [9.17, 15) is 12.8 Å². The molecular weight excluding hydrogens is 279 g/mol. The Morgan fingerprint density at radius 1 is 1.30 bits per heavy atom. The zero-order valence-electron chi connectivity index (χ0n) is 11.3. The molecule has 1 aliphatic carbocycles. The lowest BCUT2D eigenvalue weighted by molar-refractivity contribution is 0.147. The number of rotatable bonds is 2. The normalized spacial score (nSPS) is 29.9. The van der Waals surface area contributed by atoms with Crippen LogP contribution in [0.15, 0.2) is 18.3 Å². The van der Waals surface area contributed by atoms with Crippen LogP contribution < -0.4 is 0 Å². The van der Waals surface area contributed by atoms with Crippen LogP contribution in [0.2, 0.25) is 0 Å². The highest BCUT2D eigenvalue weighted by atomic mass is 32.2. The number of hydrogen-bond acceptors (Lipinski definition) is 4. The molecule has 1 aromatic rings. The van der Waals surface area contributed by atoms with Crippen LogP contribution in [0.25, 0.3) is 0 Å². The number of aromatic nitrogens is 1. The number of sulfone groups is 1. The SMILES string of the molecule is O=S1(=O)CCN(Cc2ccc(F)cn2)C2CCCCC21. The molecule has 0 spiro atoms. The summed E-state index contributed by atoms with van der Waals surface area (Å²) in [6.45, 7) is 1.17. The average molecular weight is 298 g/mol. The van der Waals surface area contributed by atoms with Crippen molar-refractivity contribution in [1.82, 2.24) is 9.88 Å². The van der Waals surface area contributed by atoms with E-state index in [2.05, 4.69) is 9.88 Å². The van der Waals surface area contributed by atoms with Crippen molar-refractivity contribution in [3.8, 4) is 0 Å². The Morgan fingerprint density at radius 3 is 2.85 bits per heavy atom. The third-order valence-corrected chi connectivity index (χ3v) is 6.64. The van der Waals surface area contributed by atoms with Gasteiger partial charge < -0.3 is 0 Å². The molecule has 2 heterocycles. The van der Waals surface area contributed by atoms with Gasteiger partial charge in [-0.3, -0.25) is 9.88 Å². The molecule has 2 aliphatic rings. The van der Waals surface area contributed by atoms with Crippen molar-refractivity contribution >= 4 is 9.84 Å². The lowest BCUT2D eigenvalue weighted by Gasteiger charge is -2.43. The zero-order chi connectivity index (χ0) is 14.2. The van der Waals surface area contributed by atoms with Gasteiger partial charge in [-0.1, -0.05) is 12.8 Å². The Kier molecular flexibility index (Phi) is 3.77. The van der Waals surface area contributed by atoms with Gasteiger partial charge in [-0.25, -0.2) is 12.8 Å². The van der Waals surface area contributed by atoms with Crippen molar-refractivity contribution in [1.29, 1.82) is 0 Å². The van der Waals surface area contributed by atoms with Crippen LogP contribution in [-0.2, 0) is 16.4 Å². The first-order chi connectivity index (χ1) is 9.56. The zero-order valence-corrected chi connectivity index (χ0v) is 12.2. The second-order valence-electron chi connectivity index (χ2n) is 5.70. The topological polar surface area (TPSA) is 50.3 Å². The highest BCUT2D eigenvalue weighted by molar-refractivity contribution is 7.92. The van der Waals surface area contributed by atoms with Crippen LogP contribution in [0.3, 0.4) is 0 Å². The summed E-state index contributed by atoms with van der Waals surface area (Å²) in [5.74, 6) is -0.111. The molecule has 1 saturated heterocycles. The molecule has 110 valence electrons. The van der Waals surface area contributed by atoms with E-state index in [-0.39, 0.29) is 22.9 Å². The average Bonchev–Trinajstić information content (AvgIpc) is 2.45. The summed E-state index contributed by atoms with van der Waals surface area (Å²) in [7, 11) is -2.94. The summed E-state index contributed by atoms with van der Waals surface area (Å²) in [6, 6.07) is 3.19. The maximum absolute atomic E-state index is 12.9. The van der Waals surface area contributed by atoms with Gasteiger partial charge in [0.15, 0.2) is 9.84 Å². The van der Waals surface area contributed by atoms with Gasteiger partial charge in [-0.15, -0.1) is 0 Å². The Morgan fingerprint density at radius 2 is 2.10 bits per heavy atom. The first-order valence-corrected chi connectivity index (χ1v) is 8.84. The van der Waals surface area contributed by atoms with Crippen molar-refractivity contribution in [2.45, 2.75) is 43.5 Å². The first kappa shape index (κ1) is 13.9. The minimum atomic E-state index is -2.94. The molecule has 3 rings (SSSR count). The van der Waals surface area contributed by atoms with E-state index in [1.54, 1.807) is 6.07 Å². The Bertz CT molecular complexity index is 573. The van der Waals surface area contributed by atoms with Crippen LogP contribution in [0.4, 0.5) is 4.39 Å². The quantitative estimate of drug-likeness (QED) is 0.835. The Balaban J connectivity index is 1.78. The summed E-state index contributed by atoms with van der Waals surface area (Å²) in [4.78, 5) is 6.29. The van der Waals surface area contributed by atoms with Crippen LogP contribution in [0, 0.1) is 5.82 Å². The molecule has 2 atom stereocenters. The summed E-state index contributed by atoms with van der Waals surface area (Å²) < 4.78 is 37.2. The summed E-state index contributed by atoms with van der Waals surface area (Å²) in [6.07, 6.45) is 5.02. The molecular formula is C14H19FN2O2S. The van der Waals surface area contributed by atoms with Crippen molar-refractivity contribution in [2.24, 2.45) is 0 Å². The number of fused-ring (bicyclic) bond motifs is 1. The minimum Gasteiger partial charge on any atom is -0.292 e. The van der Waals surface area contributed by atoms with Gasteiger partial charge in [-0.2, -0.15) is 0 Å². The van der Waals surface area contributed by atoms with Crippen molar-refractivity contribution < 1.29 is 12.8 Å². The molecule has 1 saturated carbocycles. The Labute approximate surface area is 118 Å². The van der Waals surface area contributed by atoms with Crippen molar-refractivity contribution in [3.63, 3.8) is 0 Å². The smallest absolute Gasteiger partial charge is 0.155 e. The molecule has 2 fully saturated rings. The van der Waals surface area contributed by atoms with E-state index in [0.29, 0.717) is 13.1 Å². The van der Waals surface area contributed by atoms with E-state index in [1.807, 2.05) is 0 Å². The fourth-order valence-corrected chi connectivity index (χ4v) is 5.48. The highest BCUT2D eigenvalue weighted by Gasteiger charge is 2.42. The van der Waals surface area contributed by atoms with Gasteiger partial charge in [0.1, 0.15) is 5.82 Å². The molecule has 1 aromatic heterocycles. The lowest BCUT2D eigenvalue weighted by atomic mass is 9.93. The number of pyridine rings is 1. The molecule has 0 radical (unpaired) electrons. The van der Waals surface area contributed by atoms with Gasteiger partial charge >= 0.3 is 0 Å². The monoisotopic (exact) mass is 298 g/mol. The summed E-state index contributed by atoms with van der Waals surface area (Å²) >= 11 is 0. The van der Waals surface area contributed by atoms with Crippen molar-refractivity contribution in [2.75, 3.05) is 12.3 Å². The third kappa shape index (κ3) is 2.72. The molecule has 6 heteroatoms. The van der Waals surface area contributed by atoms with E-state index in [0.717, 1.165) is 31.4 Å². The number of hydrogen-bond donors (Lipinski definition) is 0. The lowest BCUT2D eigenvalue weighted by Crippen LogP contribution is -2.55. The van der Waals surface area contributed by atoms with E-state index < -0.39 is 9.84 Å². The molecule has 0 amide bonds. The van der Waals surface area contributed by atoms with E-state index in [1.165, 1.54) is 12.3 Å². The summed E-state index contributed by atoms with van der Waals surface area (Å²) in [5, 5.41) is -0.217. The predicted molar refractivity (Wildman–Crippen MR) is 74.4 cm³/mol. The molecule has 1 aliphatic heterocycles. The van der Waals surface area contributed by atoms with Gasteiger partial charge in [0, 0.05) is 19.1 Å². The van der Waals surface area contributed by atoms with Gasteiger partial charge in [0.25, 0.3) is 0 Å². The highest BCUT2D eigenvalue weighted by Crippen LogP contribution is 2.32. The van der Waals surface area contributed by atoms with Crippen LogP contribution in [-0.4, -0.2) is 41.9 Å². The third-order valence-electron chi connectivity index (χ3n) is 4.41. The fourth-order valence-electron chi connectivity index (χ4n) is 3.38. The first-order valence-electron chi connectivity index (χ1n) is 7.12. The molecule has 4 nitrogen and oxygen atoms in total. The molecule has 20 heavy (non-hydrogen) atoms. The minimum absolute atomic E-state index is 0.106. The second kappa shape index (κ2) is 5.41. The van der Waals surface area contributed by atoms with Gasteiger partial charge in [-0.05, 0) is 25.0 Å². The van der Waals surface area contributed by atoms with Gasteiger partial charge in [0.05, 0.1) is 22.9 Å². The number of nitrogens with zero attached hydrogens (tertiary/aromatic N) is 2. The second-order valence-corrected chi connectivity index (χ2v) is 8.03. The van der Waals surface area contributed by atoms with Crippen LogP contribution in [0.1, 0.15) is 31.4 Å². The molecule has 2 unspecified atom stereocenters. The standard InChI is InChI=1S/C14H19FN2O2S/c15-11-5-6-12(16-9-11)10-17-7-8-20(18,19)14-4-2-1-3-13(14)17/h5-6,9,13-14H,1-4,7-8,10H2. The Hall–Kier alpha value is -1.01.